The van der Waals surface area contributed by atoms with Gasteiger partial charge in [-0.05, 0) is 19.8 Å². The van der Waals surface area contributed by atoms with Gasteiger partial charge in [0.05, 0.1) is 24.5 Å². The Kier molecular flexibility index (Phi) is 3.73. The highest BCUT2D eigenvalue weighted by molar-refractivity contribution is 5.92. The maximum absolute atomic E-state index is 12.0. The lowest BCUT2D eigenvalue weighted by Crippen LogP contribution is -2.51. The normalized spacial score (nSPS) is 23.4. The van der Waals surface area contributed by atoms with Crippen LogP contribution in [0.15, 0.2) is 12.4 Å². The van der Waals surface area contributed by atoms with Crippen molar-refractivity contribution in [3.8, 4) is 0 Å². The van der Waals surface area contributed by atoms with E-state index in [2.05, 4.69) is 20.7 Å². The maximum Gasteiger partial charge on any atom is 0.271 e. The minimum Gasteiger partial charge on any atom is -0.379 e. The first-order chi connectivity index (χ1) is 8.63. The molecule has 1 aliphatic heterocycles. The van der Waals surface area contributed by atoms with Crippen molar-refractivity contribution in [2.24, 2.45) is 5.84 Å². The molecule has 7 heteroatoms. The van der Waals surface area contributed by atoms with Crippen molar-refractivity contribution in [1.29, 1.82) is 0 Å². The Labute approximate surface area is 105 Å². The number of nitrogen functional groups attached to an aromatic ring is 1. The fraction of sp³-hybridized carbons (Fsp3) is 0.545. The first kappa shape index (κ1) is 12.7. The van der Waals surface area contributed by atoms with Gasteiger partial charge in [-0.2, -0.15) is 0 Å². The summed E-state index contributed by atoms with van der Waals surface area (Å²) >= 11 is 0. The molecule has 0 bridgehead atoms. The highest BCUT2D eigenvalue weighted by atomic mass is 16.5. The second-order valence-corrected chi connectivity index (χ2v) is 4.60. The standard InChI is InChI=1S/C11H17N5O2/c1-11(3-2-4-18-7-11)15-10(17)8-5-14-9(16-12)6-13-8/h5-6H,2-4,7,12H2,1H3,(H,14,16)(H,15,17). The molecular formula is C11H17N5O2. The van der Waals surface area contributed by atoms with Crippen molar-refractivity contribution in [2.75, 3.05) is 18.6 Å². The Balaban J connectivity index is 2.02. The Morgan fingerprint density at radius 3 is 2.89 bits per heavy atom. The highest BCUT2D eigenvalue weighted by Gasteiger charge is 2.29. The molecule has 1 aliphatic rings. The first-order valence-electron chi connectivity index (χ1n) is 5.82. The van der Waals surface area contributed by atoms with E-state index in [9.17, 15) is 4.79 Å². The first-order valence-corrected chi connectivity index (χ1v) is 5.82. The second kappa shape index (κ2) is 5.28. The monoisotopic (exact) mass is 251 g/mol. The summed E-state index contributed by atoms with van der Waals surface area (Å²) < 4.78 is 5.38. The summed E-state index contributed by atoms with van der Waals surface area (Å²) in [6.07, 6.45) is 4.64. The molecule has 1 unspecified atom stereocenters. The van der Waals surface area contributed by atoms with E-state index in [0.29, 0.717) is 12.4 Å². The van der Waals surface area contributed by atoms with Crippen LogP contribution in [-0.2, 0) is 4.74 Å². The number of amides is 1. The van der Waals surface area contributed by atoms with Gasteiger partial charge in [0.15, 0.2) is 5.82 Å². The van der Waals surface area contributed by atoms with Gasteiger partial charge in [0, 0.05) is 6.61 Å². The van der Waals surface area contributed by atoms with Crippen LogP contribution in [0.3, 0.4) is 0 Å². The van der Waals surface area contributed by atoms with Gasteiger partial charge >= 0.3 is 0 Å². The second-order valence-electron chi connectivity index (χ2n) is 4.60. The summed E-state index contributed by atoms with van der Waals surface area (Å²) in [5.41, 5.74) is 2.29. The molecule has 7 nitrogen and oxygen atoms in total. The predicted octanol–water partition coefficient (Wildman–Crippen LogP) is 0.0611. The van der Waals surface area contributed by atoms with Crippen molar-refractivity contribution < 1.29 is 9.53 Å². The SMILES string of the molecule is CC1(NC(=O)c2cnc(NN)cn2)CCCOC1. The molecule has 1 aromatic rings. The van der Waals surface area contributed by atoms with Crippen molar-refractivity contribution in [2.45, 2.75) is 25.3 Å². The largest absolute Gasteiger partial charge is 0.379 e. The van der Waals surface area contributed by atoms with Gasteiger partial charge in [0.2, 0.25) is 0 Å². The van der Waals surface area contributed by atoms with E-state index < -0.39 is 0 Å². The summed E-state index contributed by atoms with van der Waals surface area (Å²) in [6, 6.07) is 0. The molecular weight excluding hydrogens is 234 g/mol. The number of nitrogens with zero attached hydrogens (tertiary/aromatic N) is 2. The van der Waals surface area contributed by atoms with Gasteiger partial charge in [0.1, 0.15) is 5.69 Å². The molecule has 0 spiro atoms. The van der Waals surface area contributed by atoms with Crippen molar-refractivity contribution >= 4 is 11.7 Å². The number of hydrogen-bond acceptors (Lipinski definition) is 6. The van der Waals surface area contributed by atoms with Gasteiger partial charge in [-0.3, -0.25) is 4.79 Å². The van der Waals surface area contributed by atoms with Crippen LogP contribution in [0.2, 0.25) is 0 Å². The van der Waals surface area contributed by atoms with Crippen LogP contribution in [-0.4, -0.2) is 34.6 Å². The number of carbonyl (C=O) groups is 1. The van der Waals surface area contributed by atoms with Crippen LogP contribution in [0.5, 0.6) is 0 Å². The molecule has 1 atom stereocenters. The summed E-state index contributed by atoms with van der Waals surface area (Å²) in [5.74, 6) is 5.34. The lowest BCUT2D eigenvalue weighted by Gasteiger charge is -2.34. The van der Waals surface area contributed by atoms with Gasteiger partial charge in [0.25, 0.3) is 5.91 Å². The topological polar surface area (TPSA) is 102 Å². The molecule has 0 aliphatic carbocycles. The van der Waals surface area contributed by atoms with Crippen LogP contribution in [0, 0.1) is 0 Å². The van der Waals surface area contributed by atoms with Crippen molar-refractivity contribution in [1.82, 2.24) is 15.3 Å². The van der Waals surface area contributed by atoms with E-state index in [1.807, 2.05) is 6.92 Å². The summed E-state index contributed by atoms with van der Waals surface area (Å²) in [4.78, 5) is 19.9. The van der Waals surface area contributed by atoms with Crippen molar-refractivity contribution in [3.05, 3.63) is 18.1 Å². The lowest BCUT2D eigenvalue weighted by molar-refractivity contribution is 0.0271. The average molecular weight is 251 g/mol. The summed E-state index contributed by atoms with van der Waals surface area (Å²) in [6.45, 7) is 3.24. The zero-order valence-corrected chi connectivity index (χ0v) is 10.3. The minimum absolute atomic E-state index is 0.251. The Morgan fingerprint density at radius 1 is 1.50 bits per heavy atom. The number of aromatic nitrogens is 2. The molecule has 0 radical (unpaired) electrons. The molecule has 2 heterocycles. The molecule has 18 heavy (non-hydrogen) atoms. The Hall–Kier alpha value is -1.73. The average Bonchev–Trinajstić information content (AvgIpc) is 2.39. The van der Waals surface area contributed by atoms with E-state index in [4.69, 9.17) is 10.6 Å². The van der Waals surface area contributed by atoms with Crippen LogP contribution in [0.4, 0.5) is 5.82 Å². The van der Waals surface area contributed by atoms with E-state index in [1.165, 1.54) is 12.4 Å². The summed E-state index contributed by atoms with van der Waals surface area (Å²) in [7, 11) is 0. The van der Waals surface area contributed by atoms with Gasteiger partial charge in [-0.25, -0.2) is 15.8 Å². The van der Waals surface area contributed by atoms with Gasteiger partial charge in [-0.1, -0.05) is 0 Å². The van der Waals surface area contributed by atoms with Crippen LogP contribution in [0.1, 0.15) is 30.3 Å². The molecule has 0 aromatic carbocycles. The molecule has 98 valence electrons. The van der Waals surface area contributed by atoms with E-state index in [1.54, 1.807) is 0 Å². The minimum atomic E-state index is -0.332. The third kappa shape index (κ3) is 2.93. The third-order valence-corrected chi connectivity index (χ3v) is 2.89. The number of hydrazine groups is 1. The van der Waals surface area contributed by atoms with E-state index in [-0.39, 0.29) is 17.1 Å². The zero-order valence-electron chi connectivity index (χ0n) is 10.3. The molecule has 4 N–H and O–H groups in total. The van der Waals surface area contributed by atoms with Gasteiger partial charge < -0.3 is 15.5 Å². The van der Waals surface area contributed by atoms with Crippen LogP contribution in [0.25, 0.3) is 0 Å². The molecule has 1 fully saturated rings. The van der Waals surface area contributed by atoms with Crippen LogP contribution >= 0.6 is 0 Å². The molecule has 1 saturated heterocycles. The quantitative estimate of drug-likeness (QED) is 0.518. The number of nitrogens with two attached hydrogens (primary N) is 1. The van der Waals surface area contributed by atoms with Crippen LogP contribution < -0.4 is 16.6 Å². The number of carbonyl (C=O) groups excluding carboxylic acids is 1. The van der Waals surface area contributed by atoms with Crippen molar-refractivity contribution in [3.63, 3.8) is 0 Å². The molecule has 2 rings (SSSR count). The third-order valence-electron chi connectivity index (χ3n) is 2.89. The maximum atomic E-state index is 12.0. The fourth-order valence-electron chi connectivity index (χ4n) is 1.89. The fourth-order valence-corrected chi connectivity index (χ4v) is 1.89. The van der Waals surface area contributed by atoms with E-state index >= 15 is 0 Å². The zero-order chi connectivity index (χ0) is 13.0. The smallest absolute Gasteiger partial charge is 0.271 e. The number of nitrogens with one attached hydrogen (secondary N) is 2. The Morgan fingerprint density at radius 2 is 2.33 bits per heavy atom. The van der Waals surface area contributed by atoms with E-state index in [0.717, 1.165) is 19.4 Å². The molecule has 1 aromatic heterocycles. The summed E-state index contributed by atoms with van der Waals surface area (Å²) in [5, 5.41) is 2.93. The highest BCUT2D eigenvalue weighted by Crippen LogP contribution is 2.18. The van der Waals surface area contributed by atoms with Gasteiger partial charge in [-0.15, -0.1) is 0 Å². The predicted molar refractivity (Wildman–Crippen MR) is 65.8 cm³/mol. The molecule has 0 saturated carbocycles. The number of anilines is 1. The molecule has 1 amide bonds. The number of rotatable bonds is 3. The number of ether oxygens (including phenoxy) is 1. The Bertz CT molecular complexity index is 414. The lowest BCUT2D eigenvalue weighted by atomic mass is 9.95. The number of hydrogen-bond donors (Lipinski definition) is 3.